The molecule has 0 aliphatic carbocycles. The molecule has 0 atom stereocenters. The van der Waals surface area contributed by atoms with E-state index in [1.807, 2.05) is 24.3 Å². The van der Waals surface area contributed by atoms with E-state index in [4.69, 9.17) is 16.3 Å². The number of methoxy groups -OCH3 is 1. The van der Waals surface area contributed by atoms with Crippen LogP contribution in [0.4, 0.5) is 0 Å². The van der Waals surface area contributed by atoms with Crippen molar-refractivity contribution in [2.45, 2.75) is 13.5 Å². The van der Waals surface area contributed by atoms with Crippen LogP contribution in [0.5, 0.6) is 5.75 Å². The maximum absolute atomic E-state index is 6.07. The summed E-state index contributed by atoms with van der Waals surface area (Å²) in [6, 6.07) is 14.2. The smallest absolute Gasteiger partial charge is 0.138 e. The Morgan fingerprint density at radius 2 is 1.95 bits per heavy atom. The van der Waals surface area contributed by atoms with Gasteiger partial charge in [-0.05, 0) is 35.4 Å². The normalized spacial score (nSPS) is 10.5. The first-order chi connectivity index (χ1) is 9.26. The minimum atomic E-state index is 0.635. The molecule has 0 radical (unpaired) electrons. The molecule has 0 spiro atoms. The van der Waals surface area contributed by atoms with Crippen LogP contribution in [0.1, 0.15) is 12.5 Å². The molecule has 2 rings (SSSR count). The molecule has 0 heterocycles. The van der Waals surface area contributed by atoms with Gasteiger partial charge in [-0.2, -0.15) is 0 Å². The first-order valence-corrected chi connectivity index (χ1v) is 6.76. The van der Waals surface area contributed by atoms with Gasteiger partial charge in [0.15, 0.2) is 0 Å². The van der Waals surface area contributed by atoms with E-state index in [1.165, 1.54) is 11.1 Å². The SMILES string of the molecule is CCNCc1ccccc1-c1ccc(Cl)c(OC)c1. The Kier molecular flexibility index (Phi) is 4.83. The minimum absolute atomic E-state index is 0.635. The van der Waals surface area contributed by atoms with E-state index in [0.29, 0.717) is 10.8 Å². The molecule has 0 saturated carbocycles. The zero-order chi connectivity index (χ0) is 13.7. The van der Waals surface area contributed by atoms with Crippen molar-refractivity contribution in [1.29, 1.82) is 0 Å². The van der Waals surface area contributed by atoms with E-state index < -0.39 is 0 Å². The molecule has 1 N–H and O–H groups in total. The van der Waals surface area contributed by atoms with Gasteiger partial charge in [0, 0.05) is 6.54 Å². The Bertz CT molecular complexity index is 554. The molecule has 3 heteroatoms. The van der Waals surface area contributed by atoms with Gasteiger partial charge in [0.2, 0.25) is 0 Å². The minimum Gasteiger partial charge on any atom is -0.495 e. The quantitative estimate of drug-likeness (QED) is 0.886. The topological polar surface area (TPSA) is 21.3 Å². The van der Waals surface area contributed by atoms with Gasteiger partial charge >= 0.3 is 0 Å². The van der Waals surface area contributed by atoms with Crippen LogP contribution in [-0.4, -0.2) is 13.7 Å². The van der Waals surface area contributed by atoms with Gasteiger partial charge in [0.25, 0.3) is 0 Å². The molecule has 0 aromatic heterocycles. The van der Waals surface area contributed by atoms with Crippen LogP contribution in [0.3, 0.4) is 0 Å². The van der Waals surface area contributed by atoms with Crippen molar-refractivity contribution in [1.82, 2.24) is 5.32 Å². The summed E-state index contributed by atoms with van der Waals surface area (Å²) in [6.45, 7) is 3.92. The lowest BCUT2D eigenvalue weighted by Gasteiger charge is -2.12. The van der Waals surface area contributed by atoms with Gasteiger partial charge in [-0.25, -0.2) is 0 Å². The molecule has 0 bridgehead atoms. The van der Waals surface area contributed by atoms with Gasteiger partial charge in [-0.3, -0.25) is 0 Å². The summed E-state index contributed by atoms with van der Waals surface area (Å²) >= 11 is 6.07. The fourth-order valence-corrected chi connectivity index (χ4v) is 2.24. The van der Waals surface area contributed by atoms with Crippen molar-refractivity contribution in [3.05, 3.63) is 53.1 Å². The number of ether oxygens (including phenoxy) is 1. The van der Waals surface area contributed by atoms with Crippen molar-refractivity contribution in [2.75, 3.05) is 13.7 Å². The third-order valence-corrected chi connectivity index (χ3v) is 3.36. The summed E-state index contributed by atoms with van der Waals surface area (Å²) < 4.78 is 5.28. The van der Waals surface area contributed by atoms with Gasteiger partial charge in [0.05, 0.1) is 12.1 Å². The zero-order valence-electron chi connectivity index (χ0n) is 11.2. The number of hydrogen-bond donors (Lipinski definition) is 1. The van der Waals surface area contributed by atoms with Gasteiger partial charge < -0.3 is 10.1 Å². The van der Waals surface area contributed by atoms with Gasteiger partial charge in [-0.15, -0.1) is 0 Å². The highest BCUT2D eigenvalue weighted by molar-refractivity contribution is 6.32. The van der Waals surface area contributed by atoms with Crippen molar-refractivity contribution >= 4 is 11.6 Å². The highest BCUT2D eigenvalue weighted by Gasteiger charge is 2.07. The number of benzene rings is 2. The van der Waals surface area contributed by atoms with Gasteiger partial charge in [-0.1, -0.05) is 48.9 Å². The second-order valence-corrected chi connectivity index (χ2v) is 4.69. The Morgan fingerprint density at radius 1 is 1.16 bits per heavy atom. The molecule has 2 aromatic carbocycles. The number of halogens is 1. The summed E-state index contributed by atoms with van der Waals surface area (Å²) in [4.78, 5) is 0. The number of nitrogens with one attached hydrogen (secondary N) is 1. The van der Waals surface area contributed by atoms with E-state index in [9.17, 15) is 0 Å². The van der Waals surface area contributed by atoms with Crippen LogP contribution in [0, 0.1) is 0 Å². The van der Waals surface area contributed by atoms with E-state index in [0.717, 1.165) is 18.7 Å². The number of hydrogen-bond acceptors (Lipinski definition) is 2. The monoisotopic (exact) mass is 275 g/mol. The largest absolute Gasteiger partial charge is 0.495 e. The fourth-order valence-electron chi connectivity index (χ4n) is 2.04. The van der Waals surface area contributed by atoms with Crippen molar-refractivity contribution in [3.8, 4) is 16.9 Å². The number of rotatable bonds is 5. The molecule has 0 aliphatic rings. The molecule has 0 unspecified atom stereocenters. The van der Waals surface area contributed by atoms with Crippen LogP contribution < -0.4 is 10.1 Å². The van der Waals surface area contributed by atoms with Gasteiger partial charge in [0.1, 0.15) is 5.75 Å². The molecule has 0 fully saturated rings. The molecule has 0 aliphatic heterocycles. The second-order valence-electron chi connectivity index (χ2n) is 4.29. The highest BCUT2D eigenvalue weighted by atomic mass is 35.5. The lowest BCUT2D eigenvalue weighted by molar-refractivity contribution is 0.415. The summed E-state index contributed by atoms with van der Waals surface area (Å²) in [6.07, 6.45) is 0. The predicted molar refractivity (Wildman–Crippen MR) is 80.8 cm³/mol. The molecule has 19 heavy (non-hydrogen) atoms. The summed E-state index contributed by atoms with van der Waals surface area (Å²) in [7, 11) is 1.63. The maximum Gasteiger partial charge on any atom is 0.138 e. The van der Waals surface area contributed by atoms with Crippen LogP contribution in [0.25, 0.3) is 11.1 Å². The molecular weight excluding hydrogens is 258 g/mol. The zero-order valence-corrected chi connectivity index (χ0v) is 12.0. The van der Waals surface area contributed by atoms with Crippen LogP contribution in [0.2, 0.25) is 5.02 Å². The average Bonchev–Trinajstić information content (AvgIpc) is 2.46. The summed E-state index contributed by atoms with van der Waals surface area (Å²) in [5, 5.41) is 3.99. The lowest BCUT2D eigenvalue weighted by Crippen LogP contribution is -2.12. The average molecular weight is 276 g/mol. The molecular formula is C16H18ClNO. The third-order valence-electron chi connectivity index (χ3n) is 3.04. The van der Waals surface area contributed by atoms with E-state index >= 15 is 0 Å². The van der Waals surface area contributed by atoms with Crippen molar-refractivity contribution in [3.63, 3.8) is 0 Å². The van der Waals surface area contributed by atoms with E-state index in [2.05, 4.69) is 30.4 Å². The van der Waals surface area contributed by atoms with Crippen LogP contribution in [0.15, 0.2) is 42.5 Å². The van der Waals surface area contributed by atoms with Crippen molar-refractivity contribution in [2.24, 2.45) is 0 Å². The van der Waals surface area contributed by atoms with E-state index in [1.54, 1.807) is 7.11 Å². The highest BCUT2D eigenvalue weighted by Crippen LogP contribution is 2.31. The summed E-state index contributed by atoms with van der Waals surface area (Å²) in [5.41, 5.74) is 3.60. The predicted octanol–water partition coefficient (Wildman–Crippen LogP) is 4.13. The fraction of sp³-hybridized carbons (Fsp3) is 0.250. The molecule has 2 aromatic rings. The van der Waals surface area contributed by atoms with E-state index in [-0.39, 0.29) is 0 Å². The lowest BCUT2D eigenvalue weighted by atomic mass is 9.99. The summed E-state index contributed by atoms with van der Waals surface area (Å²) in [5.74, 6) is 0.706. The standard InChI is InChI=1S/C16H18ClNO/c1-3-18-11-13-6-4-5-7-14(13)12-8-9-15(17)16(10-12)19-2/h4-10,18H,3,11H2,1-2H3. The Balaban J connectivity index is 2.40. The Morgan fingerprint density at radius 3 is 2.68 bits per heavy atom. The van der Waals surface area contributed by atoms with Crippen LogP contribution >= 0.6 is 11.6 Å². The second kappa shape index (κ2) is 6.60. The maximum atomic E-state index is 6.07. The van der Waals surface area contributed by atoms with Crippen LogP contribution in [-0.2, 0) is 6.54 Å². The molecule has 100 valence electrons. The Labute approximate surface area is 119 Å². The molecule has 0 saturated heterocycles. The molecule has 0 amide bonds. The first kappa shape index (κ1) is 13.9. The van der Waals surface area contributed by atoms with Crippen molar-refractivity contribution < 1.29 is 4.74 Å². The Hall–Kier alpha value is -1.51. The molecule has 2 nitrogen and oxygen atoms in total. The third kappa shape index (κ3) is 3.28. The first-order valence-electron chi connectivity index (χ1n) is 6.38.